The van der Waals surface area contributed by atoms with Crippen LogP contribution in [0, 0.1) is 0 Å². The van der Waals surface area contributed by atoms with Gasteiger partial charge in [0.1, 0.15) is 0 Å². The minimum atomic E-state index is -2.98. The van der Waals surface area contributed by atoms with Crippen LogP contribution in [-0.2, 0) is 14.5 Å². The van der Waals surface area contributed by atoms with E-state index in [1.54, 1.807) is 0 Å². The Hall–Kier alpha value is -0.800. The van der Waals surface area contributed by atoms with E-state index < -0.39 is 7.94 Å². The lowest BCUT2D eigenvalue weighted by Crippen LogP contribution is -2.25. The van der Waals surface area contributed by atoms with Gasteiger partial charge in [-0.1, -0.05) is 13.8 Å². The Morgan fingerprint density at radius 1 is 1.20 bits per heavy atom. The molecule has 0 atom stereocenters. The van der Waals surface area contributed by atoms with E-state index in [9.17, 15) is 4.89 Å². The van der Waals surface area contributed by atoms with Gasteiger partial charge in [-0.25, -0.2) is 0 Å². The van der Waals surface area contributed by atoms with E-state index in [1.165, 1.54) is 0 Å². The third-order valence-corrected chi connectivity index (χ3v) is 5.93. The topological polar surface area (TPSA) is 51.0 Å². The summed E-state index contributed by atoms with van der Waals surface area (Å²) < 4.78 is 11.0. The SMILES string of the molecule is CCO[P+](O)(OCC)c1ccc2c(c1)C(C)(C)C(C)=N2. The fraction of sp³-hybridized carbons (Fsp3) is 0.533. The van der Waals surface area contributed by atoms with Gasteiger partial charge in [0.25, 0.3) is 0 Å². The van der Waals surface area contributed by atoms with Crippen molar-refractivity contribution in [3.63, 3.8) is 0 Å². The smallest absolute Gasteiger partial charge is 0.257 e. The molecule has 0 unspecified atom stereocenters. The molecule has 1 heterocycles. The molecule has 1 aliphatic heterocycles. The van der Waals surface area contributed by atoms with Crippen molar-refractivity contribution in [3.05, 3.63) is 23.8 Å². The summed E-state index contributed by atoms with van der Waals surface area (Å²) >= 11 is 0. The molecule has 0 amide bonds. The molecular weight excluding hydrogens is 273 g/mol. The number of rotatable bonds is 5. The first-order valence-electron chi connectivity index (χ1n) is 6.97. The van der Waals surface area contributed by atoms with Gasteiger partial charge in [-0.15, -0.1) is 0 Å². The third kappa shape index (κ3) is 2.53. The number of aliphatic imine (C=N–C) groups is 1. The molecule has 0 spiro atoms. The zero-order valence-corrected chi connectivity index (χ0v) is 13.7. The highest BCUT2D eigenvalue weighted by Gasteiger charge is 2.45. The number of benzene rings is 1. The minimum Gasteiger partial charge on any atom is -0.257 e. The maximum Gasteiger partial charge on any atom is 0.446 e. The predicted octanol–water partition coefficient (Wildman–Crippen LogP) is 3.52. The van der Waals surface area contributed by atoms with Crippen molar-refractivity contribution in [2.24, 2.45) is 4.99 Å². The molecule has 0 bridgehead atoms. The van der Waals surface area contributed by atoms with E-state index >= 15 is 0 Å². The van der Waals surface area contributed by atoms with Gasteiger partial charge >= 0.3 is 7.94 Å². The summed E-state index contributed by atoms with van der Waals surface area (Å²) in [4.78, 5) is 15.3. The van der Waals surface area contributed by atoms with Crippen LogP contribution in [0.3, 0.4) is 0 Å². The highest BCUT2D eigenvalue weighted by atomic mass is 31.2. The molecule has 1 aromatic rings. The third-order valence-electron chi connectivity index (χ3n) is 3.78. The van der Waals surface area contributed by atoms with Gasteiger partial charge in [-0.3, -0.25) is 4.99 Å². The summed E-state index contributed by atoms with van der Waals surface area (Å²) in [6.07, 6.45) is 0. The summed E-state index contributed by atoms with van der Waals surface area (Å²) in [7, 11) is -2.98. The Kier molecular flexibility index (Phi) is 4.31. The van der Waals surface area contributed by atoms with Crippen LogP contribution in [0.15, 0.2) is 23.2 Å². The Bertz CT molecular complexity index is 534. The first-order valence-corrected chi connectivity index (χ1v) is 8.54. The van der Waals surface area contributed by atoms with E-state index in [1.807, 2.05) is 39.0 Å². The molecule has 1 aliphatic rings. The fourth-order valence-electron chi connectivity index (χ4n) is 2.35. The number of hydrogen-bond acceptors (Lipinski definition) is 4. The summed E-state index contributed by atoms with van der Waals surface area (Å²) in [5, 5.41) is 0.720. The van der Waals surface area contributed by atoms with Crippen LogP contribution in [-0.4, -0.2) is 23.8 Å². The van der Waals surface area contributed by atoms with Crippen LogP contribution < -0.4 is 5.30 Å². The summed E-state index contributed by atoms with van der Waals surface area (Å²) in [6, 6.07) is 5.77. The lowest BCUT2D eigenvalue weighted by Gasteiger charge is -2.21. The maximum absolute atomic E-state index is 10.7. The highest BCUT2D eigenvalue weighted by Crippen LogP contribution is 2.56. The lowest BCUT2D eigenvalue weighted by molar-refractivity contribution is 0.200. The van der Waals surface area contributed by atoms with E-state index in [4.69, 9.17) is 9.05 Å². The first-order chi connectivity index (χ1) is 9.35. The predicted molar refractivity (Wildman–Crippen MR) is 84.3 cm³/mol. The molecule has 4 nitrogen and oxygen atoms in total. The minimum absolute atomic E-state index is 0.116. The average molecular weight is 296 g/mol. The average Bonchev–Trinajstić information content (AvgIpc) is 2.61. The summed E-state index contributed by atoms with van der Waals surface area (Å²) in [5.74, 6) is 0. The van der Waals surface area contributed by atoms with Crippen molar-refractivity contribution in [3.8, 4) is 0 Å². The van der Waals surface area contributed by atoms with Crippen molar-refractivity contribution < 1.29 is 13.9 Å². The first kappa shape index (κ1) is 15.6. The van der Waals surface area contributed by atoms with Crippen LogP contribution in [0.25, 0.3) is 0 Å². The number of nitrogens with zero attached hydrogens (tertiary/aromatic N) is 1. The number of fused-ring (bicyclic) bond motifs is 1. The number of hydrogen-bond donors (Lipinski definition) is 1. The summed E-state index contributed by atoms with van der Waals surface area (Å²) in [5.41, 5.74) is 3.05. The molecule has 0 saturated carbocycles. The lowest BCUT2D eigenvalue weighted by atomic mass is 9.82. The van der Waals surface area contributed by atoms with Crippen LogP contribution in [0.1, 0.15) is 40.2 Å². The van der Waals surface area contributed by atoms with Crippen molar-refractivity contribution >= 4 is 24.6 Å². The Balaban J connectivity index is 2.45. The van der Waals surface area contributed by atoms with Gasteiger partial charge in [0.05, 0.1) is 18.9 Å². The Morgan fingerprint density at radius 2 is 1.80 bits per heavy atom. The van der Waals surface area contributed by atoms with E-state index in [0.717, 1.165) is 22.3 Å². The van der Waals surface area contributed by atoms with Crippen molar-refractivity contribution in [1.29, 1.82) is 0 Å². The molecule has 1 aromatic carbocycles. The van der Waals surface area contributed by atoms with E-state index in [0.29, 0.717) is 13.2 Å². The molecule has 2 rings (SSSR count). The van der Waals surface area contributed by atoms with E-state index in [-0.39, 0.29) is 5.41 Å². The maximum atomic E-state index is 10.7. The second kappa shape index (κ2) is 5.53. The molecule has 110 valence electrons. The van der Waals surface area contributed by atoms with Gasteiger partial charge < -0.3 is 0 Å². The van der Waals surface area contributed by atoms with Crippen molar-refractivity contribution in [2.45, 2.75) is 40.0 Å². The quantitative estimate of drug-likeness (QED) is 0.846. The van der Waals surface area contributed by atoms with E-state index in [2.05, 4.69) is 18.8 Å². The zero-order valence-electron chi connectivity index (χ0n) is 12.8. The van der Waals surface area contributed by atoms with Gasteiger partial charge in [-0.2, -0.15) is 13.9 Å². The molecule has 1 N–H and O–H groups in total. The van der Waals surface area contributed by atoms with Crippen molar-refractivity contribution in [1.82, 2.24) is 0 Å². The monoisotopic (exact) mass is 296 g/mol. The van der Waals surface area contributed by atoms with Gasteiger partial charge in [0, 0.05) is 11.1 Å². The Labute approximate surface area is 121 Å². The largest absolute Gasteiger partial charge is 0.446 e. The second-order valence-corrected chi connectivity index (χ2v) is 7.45. The van der Waals surface area contributed by atoms with Crippen LogP contribution in [0.2, 0.25) is 0 Å². The van der Waals surface area contributed by atoms with Crippen LogP contribution in [0.5, 0.6) is 0 Å². The molecule has 0 radical (unpaired) electrons. The van der Waals surface area contributed by atoms with Crippen LogP contribution >= 0.6 is 7.94 Å². The molecule has 0 aliphatic carbocycles. The molecule has 20 heavy (non-hydrogen) atoms. The van der Waals surface area contributed by atoms with Crippen LogP contribution in [0.4, 0.5) is 5.69 Å². The molecule has 0 fully saturated rings. The molecule has 0 aromatic heterocycles. The highest BCUT2D eigenvalue weighted by molar-refractivity contribution is 7.68. The van der Waals surface area contributed by atoms with Gasteiger partial charge in [0.2, 0.25) is 0 Å². The van der Waals surface area contributed by atoms with Gasteiger partial charge in [0.15, 0.2) is 5.30 Å². The molecule has 0 saturated heterocycles. The van der Waals surface area contributed by atoms with Crippen molar-refractivity contribution in [2.75, 3.05) is 13.2 Å². The fourth-order valence-corrected chi connectivity index (χ4v) is 3.98. The molecular formula is C15H23NO3P+. The Morgan fingerprint density at radius 3 is 2.35 bits per heavy atom. The second-order valence-electron chi connectivity index (χ2n) is 5.38. The van der Waals surface area contributed by atoms with Gasteiger partial charge in [-0.05, 0) is 44.5 Å². The zero-order chi connectivity index (χ0) is 15.0. The summed E-state index contributed by atoms with van der Waals surface area (Å²) in [6.45, 7) is 10.9. The molecule has 5 heteroatoms. The normalized spacial score (nSPS) is 17.0. The standard InChI is InChI=1S/C15H23NO3P/c1-6-18-20(17,19-7-2)12-8-9-14-13(10-12)15(4,5)11(3)16-14/h8-10,17H,6-7H2,1-5H3/q+1.